The van der Waals surface area contributed by atoms with Crippen molar-refractivity contribution in [2.24, 2.45) is 0 Å². The van der Waals surface area contributed by atoms with Crippen LogP contribution in [-0.4, -0.2) is 4.98 Å². The van der Waals surface area contributed by atoms with Gasteiger partial charge in [-0.1, -0.05) is 0 Å². The molecule has 16 heavy (non-hydrogen) atoms. The summed E-state index contributed by atoms with van der Waals surface area (Å²) in [5.74, 6) is -0.0659. The molecule has 0 spiro atoms. The van der Waals surface area contributed by atoms with Crippen LogP contribution in [0.15, 0.2) is 6.07 Å². The summed E-state index contributed by atoms with van der Waals surface area (Å²) in [7, 11) is 0. The number of pyridine rings is 1. The summed E-state index contributed by atoms with van der Waals surface area (Å²) < 4.78 is 24.9. The fraction of sp³-hybridized carbons (Fsp3) is 0.300. The molecular formula is C10H6ClF2N3. The minimum Gasteiger partial charge on any atom is -0.249 e. The number of alkyl halides is 3. The molecule has 0 saturated heterocycles. The van der Waals surface area contributed by atoms with Crippen LogP contribution in [0.4, 0.5) is 8.78 Å². The summed E-state index contributed by atoms with van der Waals surface area (Å²) in [6.45, 7) is 0. The van der Waals surface area contributed by atoms with Crippen LogP contribution in [-0.2, 0) is 12.3 Å². The summed E-state index contributed by atoms with van der Waals surface area (Å²) in [5, 5.41) is 17.4. The highest BCUT2D eigenvalue weighted by molar-refractivity contribution is 6.17. The molecule has 0 fully saturated rings. The molecule has 82 valence electrons. The van der Waals surface area contributed by atoms with E-state index in [-0.39, 0.29) is 29.1 Å². The van der Waals surface area contributed by atoms with Gasteiger partial charge in [0.2, 0.25) is 0 Å². The highest BCUT2D eigenvalue weighted by atomic mass is 35.5. The van der Waals surface area contributed by atoms with E-state index in [9.17, 15) is 8.78 Å². The van der Waals surface area contributed by atoms with Crippen molar-refractivity contribution in [1.29, 1.82) is 10.5 Å². The second kappa shape index (κ2) is 5.39. The second-order valence-corrected chi connectivity index (χ2v) is 3.18. The number of aromatic nitrogens is 1. The van der Waals surface area contributed by atoms with Crippen molar-refractivity contribution in [2.45, 2.75) is 18.7 Å². The van der Waals surface area contributed by atoms with Crippen LogP contribution in [0.2, 0.25) is 0 Å². The van der Waals surface area contributed by atoms with Gasteiger partial charge in [-0.15, -0.1) is 11.6 Å². The number of hydrogen-bond donors (Lipinski definition) is 0. The molecule has 0 bridgehead atoms. The van der Waals surface area contributed by atoms with Crippen LogP contribution in [0.25, 0.3) is 0 Å². The lowest BCUT2D eigenvalue weighted by Gasteiger charge is -2.07. The number of nitriles is 2. The lowest BCUT2D eigenvalue weighted by Crippen LogP contribution is -2.03. The van der Waals surface area contributed by atoms with Crippen molar-refractivity contribution < 1.29 is 8.78 Å². The van der Waals surface area contributed by atoms with E-state index in [2.05, 4.69) is 4.98 Å². The highest BCUT2D eigenvalue weighted by Gasteiger charge is 2.16. The topological polar surface area (TPSA) is 60.5 Å². The van der Waals surface area contributed by atoms with Gasteiger partial charge in [-0.25, -0.2) is 13.8 Å². The first-order chi connectivity index (χ1) is 7.63. The van der Waals surface area contributed by atoms with E-state index in [1.807, 2.05) is 6.07 Å². The van der Waals surface area contributed by atoms with E-state index >= 15 is 0 Å². The molecule has 0 aliphatic rings. The molecule has 1 rings (SSSR count). The van der Waals surface area contributed by atoms with Crippen LogP contribution < -0.4 is 0 Å². The van der Waals surface area contributed by atoms with Crippen molar-refractivity contribution in [3.05, 3.63) is 28.6 Å². The maximum Gasteiger partial charge on any atom is 0.280 e. The smallest absolute Gasteiger partial charge is 0.249 e. The molecule has 3 nitrogen and oxygen atoms in total. The Balaban J connectivity index is 3.40. The molecule has 1 aromatic rings. The van der Waals surface area contributed by atoms with Gasteiger partial charge < -0.3 is 0 Å². The van der Waals surface area contributed by atoms with Crippen LogP contribution in [0.3, 0.4) is 0 Å². The van der Waals surface area contributed by atoms with Crippen LogP contribution >= 0.6 is 11.6 Å². The van der Waals surface area contributed by atoms with Gasteiger partial charge in [0, 0.05) is 5.88 Å². The predicted octanol–water partition coefficient (Wildman–Crippen LogP) is 2.70. The normalized spacial score (nSPS) is 9.88. The Morgan fingerprint density at radius 1 is 1.44 bits per heavy atom. The molecule has 0 aliphatic carbocycles. The molecule has 6 heteroatoms. The Kier molecular flexibility index (Phi) is 4.16. The van der Waals surface area contributed by atoms with E-state index in [0.717, 1.165) is 6.07 Å². The SMILES string of the molecule is N#CCc1nc(C(F)F)cc(CCl)c1C#N. The minimum atomic E-state index is -2.74. The van der Waals surface area contributed by atoms with Gasteiger partial charge in [0.25, 0.3) is 6.43 Å². The average molecular weight is 242 g/mol. The van der Waals surface area contributed by atoms with E-state index in [0.29, 0.717) is 0 Å². The predicted molar refractivity (Wildman–Crippen MR) is 52.8 cm³/mol. The Hall–Kier alpha value is -1.72. The zero-order chi connectivity index (χ0) is 12.1. The van der Waals surface area contributed by atoms with Gasteiger partial charge >= 0.3 is 0 Å². The van der Waals surface area contributed by atoms with Crippen LogP contribution in [0.5, 0.6) is 0 Å². The molecule has 1 aromatic heterocycles. The second-order valence-electron chi connectivity index (χ2n) is 2.91. The Morgan fingerprint density at radius 2 is 2.12 bits per heavy atom. The zero-order valence-corrected chi connectivity index (χ0v) is 8.80. The highest BCUT2D eigenvalue weighted by Crippen LogP contribution is 2.23. The summed E-state index contributed by atoms with van der Waals surface area (Å²) in [4.78, 5) is 3.59. The molecule has 1 heterocycles. The molecule has 0 unspecified atom stereocenters. The molecular weight excluding hydrogens is 236 g/mol. The van der Waals surface area contributed by atoms with Gasteiger partial charge in [0.05, 0.1) is 23.7 Å². The third-order valence-electron chi connectivity index (χ3n) is 1.92. The van der Waals surface area contributed by atoms with Crippen LogP contribution in [0, 0.1) is 22.7 Å². The van der Waals surface area contributed by atoms with Gasteiger partial charge in [-0.05, 0) is 11.6 Å². The molecule has 0 aromatic carbocycles. The molecule has 0 radical (unpaired) electrons. The summed E-state index contributed by atoms with van der Waals surface area (Å²) in [6, 6.07) is 4.69. The molecule has 0 atom stereocenters. The van der Waals surface area contributed by atoms with E-state index in [1.54, 1.807) is 6.07 Å². The third-order valence-corrected chi connectivity index (χ3v) is 2.21. The van der Waals surface area contributed by atoms with Gasteiger partial charge in [0.15, 0.2) is 0 Å². The maximum absolute atomic E-state index is 12.5. The maximum atomic E-state index is 12.5. The fourth-order valence-corrected chi connectivity index (χ4v) is 1.45. The average Bonchev–Trinajstić information content (AvgIpc) is 2.28. The first-order valence-corrected chi connectivity index (χ1v) is 4.81. The van der Waals surface area contributed by atoms with E-state index < -0.39 is 12.1 Å². The van der Waals surface area contributed by atoms with Gasteiger partial charge in [-0.2, -0.15) is 10.5 Å². The number of hydrogen-bond acceptors (Lipinski definition) is 3. The van der Waals surface area contributed by atoms with Crippen molar-refractivity contribution in [1.82, 2.24) is 4.98 Å². The fourth-order valence-electron chi connectivity index (χ4n) is 1.24. The van der Waals surface area contributed by atoms with Gasteiger partial charge in [0.1, 0.15) is 11.8 Å². The Bertz CT molecular complexity index is 474. The molecule has 0 aliphatic heterocycles. The minimum absolute atomic E-state index is 0.0541. The van der Waals surface area contributed by atoms with E-state index in [1.165, 1.54) is 0 Å². The standard InChI is InChI=1S/C10H6ClF2N3/c11-4-6-3-9(10(12)13)16-8(1-2-14)7(6)5-15/h3,10H,1,4H2. The first-order valence-electron chi connectivity index (χ1n) is 4.27. The molecule has 0 amide bonds. The monoisotopic (exact) mass is 241 g/mol. The lowest BCUT2D eigenvalue weighted by atomic mass is 10.1. The lowest BCUT2D eigenvalue weighted by molar-refractivity contribution is 0.145. The third kappa shape index (κ3) is 2.44. The first kappa shape index (κ1) is 12.4. The quantitative estimate of drug-likeness (QED) is 0.765. The number of rotatable bonds is 3. The molecule has 0 N–H and O–H groups in total. The van der Waals surface area contributed by atoms with Crippen molar-refractivity contribution in [2.75, 3.05) is 0 Å². The summed E-state index contributed by atoms with van der Waals surface area (Å²) in [5.41, 5.74) is -0.0148. The van der Waals surface area contributed by atoms with Crippen molar-refractivity contribution in [3.63, 3.8) is 0 Å². The zero-order valence-electron chi connectivity index (χ0n) is 8.04. The number of halogens is 3. The van der Waals surface area contributed by atoms with Crippen molar-refractivity contribution in [3.8, 4) is 12.1 Å². The van der Waals surface area contributed by atoms with Gasteiger partial charge in [-0.3, -0.25) is 0 Å². The Labute approximate surface area is 95.9 Å². The van der Waals surface area contributed by atoms with Crippen LogP contribution in [0.1, 0.15) is 28.9 Å². The van der Waals surface area contributed by atoms with Crippen molar-refractivity contribution >= 4 is 11.6 Å². The largest absolute Gasteiger partial charge is 0.280 e. The molecule has 0 saturated carbocycles. The summed E-state index contributed by atoms with van der Waals surface area (Å²) >= 11 is 5.55. The summed E-state index contributed by atoms with van der Waals surface area (Å²) in [6.07, 6.45) is -2.93. The van der Waals surface area contributed by atoms with E-state index in [4.69, 9.17) is 22.1 Å². The number of nitrogens with zero attached hydrogens (tertiary/aromatic N) is 3. The Morgan fingerprint density at radius 3 is 2.56 bits per heavy atom.